The molecule has 0 spiro atoms. The summed E-state index contributed by atoms with van der Waals surface area (Å²) in [5.74, 6) is 0.255. The fraction of sp³-hybridized carbons (Fsp3) is 0.222. The van der Waals surface area contributed by atoms with Crippen molar-refractivity contribution in [3.63, 3.8) is 0 Å². The van der Waals surface area contributed by atoms with E-state index >= 15 is 0 Å². The minimum Gasteiger partial charge on any atom is -0.490 e. The maximum atomic E-state index is 12.5. The lowest BCUT2D eigenvalue weighted by atomic mass is 10.2. The summed E-state index contributed by atoms with van der Waals surface area (Å²) in [6.07, 6.45) is -5.50. The zero-order valence-electron chi connectivity index (χ0n) is 13.4. The first-order valence-electron chi connectivity index (χ1n) is 7.65. The number of benzene rings is 2. The smallest absolute Gasteiger partial charge is 0.416 e. The van der Waals surface area contributed by atoms with Crippen molar-refractivity contribution in [1.29, 1.82) is 5.26 Å². The molecule has 1 aliphatic rings. The van der Waals surface area contributed by atoms with Gasteiger partial charge >= 0.3 is 12.3 Å². The molecule has 0 aliphatic carbocycles. The number of rotatable bonds is 4. The average Bonchev–Trinajstić information content (AvgIpc) is 3.00. The van der Waals surface area contributed by atoms with Crippen LogP contribution in [-0.4, -0.2) is 25.3 Å². The molecule has 0 N–H and O–H groups in total. The van der Waals surface area contributed by atoms with E-state index < -0.39 is 23.9 Å². The molecule has 5 nitrogen and oxygen atoms in total. The predicted octanol–water partition coefficient (Wildman–Crippen LogP) is 3.98. The highest BCUT2D eigenvalue weighted by molar-refractivity contribution is 5.89. The largest absolute Gasteiger partial charge is 0.490 e. The topological polar surface area (TPSA) is 62.6 Å². The first kappa shape index (κ1) is 17.6. The zero-order chi connectivity index (χ0) is 18.7. The number of amides is 1. The van der Waals surface area contributed by atoms with E-state index in [0.717, 1.165) is 12.1 Å². The van der Waals surface area contributed by atoms with Gasteiger partial charge in [-0.1, -0.05) is 0 Å². The molecular weight excluding hydrogens is 349 g/mol. The van der Waals surface area contributed by atoms with Gasteiger partial charge in [0, 0.05) is 5.69 Å². The zero-order valence-corrected chi connectivity index (χ0v) is 13.4. The normalized spacial score (nSPS) is 16.9. The summed E-state index contributed by atoms with van der Waals surface area (Å²) in [6, 6.07) is 12.8. The maximum Gasteiger partial charge on any atom is 0.416 e. The number of hydrogen-bond donors (Lipinski definition) is 0. The molecule has 1 heterocycles. The lowest BCUT2D eigenvalue weighted by Crippen LogP contribution is -2.26. The van der Waals surface area contributed by atoms with Crippen LogP contribution in [0.3, 0.4) is 0 Å². The Hall–Kier alpha value is -3.21. The first-order chi connectivity index (χ1) is 12.4. The number of carbonyl (C=O) groups is 1. The van der Waals surface area contributed by atoms with E-state index in [0.29, 0.717) is 11.3 Å². The summed E-state index contributed by atoms with van der Waals surface area (Å²) in [5, 5.41) is 8.79. The molecule has 0 bridgehead atoms. The van der Waals surface area contributed by atoms with Crippen LogP contribution in [0.25, 0.3) is 0 Å². The Morgan fingerprint density at radius 1 is 1.15 bits per heavy atom. The molecule has 1 fully saturated rings. The number of cyclic esters (lactones) is 1. The lowest BCUT2D eigenvalue weighted by molar-refractivity contribution is -0.137. The van der Waals surface area contributed by atoms with Crippen molar-refractivity contribution in [3.05, 3.63) is 59.7 Å². The van der Waals surface area contributed by atoms with E-state index in [2.05, 4.69) is 0 Å². The minimum absolute atomic E-state index is 0.0177. The fourth-order valence-corrected chi connectivity index (χ4v) is 2.46. The van der Waals surface area contributed by atoms with Crippen molar-refractivity contribution in [2.75, 3.05) is 18.1 Å². The molecule has 0 saturated carbocycles. The molecule has 1 atom stereocenters. The molecule has 1 amide bonds. The van der Waals surface area contributed by atoms with E-state index in [4.69, 9.17) is 14.7 Å². The van der Waals surface area contributed by atoms with Crippen LogP contribution < -0.4 is 9.64 Å². The van der Waals surface area contributed by atoms with Gasteiger partial charge in [0.2, 0.25) is 0 Å². The van der Waals surface area contributed by atoms with Gasteiger partial charge in [-0.15, -0.1) is 0 Å². The van der Waals surface area contributed by atoms with Gasteiger partial charge in [0.1, 0.15) is 12.4 Å². The highest BCUT2D eigenvalue weighted by Crippen LogP contribution is 2.30. The van der Waals surface area contributed by atoms with Crippen LogP contribution >= 0.6 is 0 Å². The summed E-state index contributed by atoms with van der Waals surface area (Å²) in [7, 11) is 0. The van der Waals surface area contributed by atoms with Crippen molar-refractivity contribution < 1.29 is 27.4 Å². The summed E-state index contributed by atoms with van der Waals surface area (Å²) < 4.78 is 48.2. The molecule has 2 aromatic rings. The standard InChI is InChI=1S/C18H13F3N2O3/c19-18(20,21)13-3-7-15(8-4-13)25-11-16-10-23(17(24)26-16)14-5-1-12(9-22)2-6-14/h1-8,16H,10-11H2. The van der Waals surface area contributed by atoms with Gasteiger partial charge in [-0.05, 0) is 48.5 Å². The number of anilines is 1. The molecule has 1 aliphatic heterocycles. The Labute approximate surface area is 147 Å². The SMILES string of the molecule is N#Cc1ccc(N2CC(COc3ccc(C(F)(F)F)cc3)OC2=O)cc1. The Morgan fingerprint density at radius 2 is 1.81 bits per heavy atom. The van der Waals surface area contributed by atoms with Crippen LogP contribution in [0.4, 0.5) is 23.7 Å². The first-order valence-corrected chi connectivity index (χ1v) is 7.65. The third-order valence-corrected chi connectivity index (χ3v) is 3.80. The minimum atomic E-state index is -4.40. The fourth-order valence-electron chi connectivity index (χ4n) is 2.46. The van der Waals surface area contributed by atoms with Gasteiger partial charge < -0.3 is 9.47 Å². The second kappa shape index (κ2) is 6.96. The lowest BCUT2D eigenvalue weighted by Gasteiger charge is -2.13. The van der Waals surface area contributed by atoms with Gasteiger partial charge in [-0.25, -0.2) is 4.79 Å². The van der Waals surface area contributed by atoms with Gasteiger partial charge in [0.15, 0.2) is 6.10 Å². The molecule has 2 aromatic carbocycles. The van der Waals surface area contributed by atoms with Gasteiger partial charge in [-0.2, -0.15) is 18.4 Å². The van der Waals surface area contributed by atoms with Crippen molar-refractivity contribution in [2.24, 2.45) is 0 Å². The van der Waals surface area contributed by atoms with Crippen LogP contribution in [0, 0.1) is 11.3 Å². The number of nitriles is 1. The third-order valence-electron chi connectivity index (χ3n) is 3.80. The van der Waals surface area contributed by atoms with Crippen LogP contribution in [0.5, 0.6) is 5.75 Å². The number of ether oxygens (including phenoxy) is 2. The van der Waals surface area contributed by atoms with Crippen LogP contribution in [0.2, 0.25) is 0 Å². The molecule has 0 aromatic heterocycles. The van der Waals surface area contributed by atoms with Crippen molar-refractivity contribution >= 4 is 11.8 Å². The molecule has 1 unspecified atom stereocenters. The second-order valence-electron chi connectivity index (χ2n) is 5.61. The third kappa shape index (κ3) is 3.88. The molecule has 26 heavy (non-hydrogen) atoms. The highest BCUT2D eigenvalue weighted by Gasteiger charge is 2.33. The van der Waals surface area contributed by atoms with Crippen LogP contribution in [0.1, 0.15) is 11.1 Å². The molecule has 3 rings (SSSR count). The quantitative estimate of drug-likeness (QED) is 0.825. The van der Waals surface area contributed by atoms with Crippen LogP contribution in [0.15, 0.2) is 48.5 Å². The number of halogens is 3. The monoisotopic (exact) mass is 362 g/mol. The van der Waals surface area contributed by atoms with E-state index in [9.17, 15) is 18.0 Å². The molecule has 8 heteroatoms. The summed E-state index contributed by atoms with van der Waals surface area (Å²) in [5.41, 5.74) is 0.304. The van der Waals surface area contributed by atoms with E-state index in [1.165, 1.54) is 17.0 Å². The summed E-state index contributed by atoms with van der Waals surface area (Å²) in [6.45, 7) is 0.259. The van der Waals surface area contributed by atoms with Crippen molar-refractivity contribution in [3.8, 4) is 11.8 Å². The maximum absolute atomic E-state index is 12.5. The number of alkyl halides is 3. The van der Waals surface area contributed by atoms with Crippen molar-refractivity contribution in [1.82, 2.24) is 0 Å². The Bertz CT molecular complexity index is 827. The van der Waals surface area contributed by atoms with Gasteiger partial charge in [0.25, 0.3) is 0 Å². The van der Waals surface area contributed by atoms with Crippen molar-refractivity contribution in [2.45, 2.75) is 12.3 Å². The average molecular weight is 362 g/mol. The summed E-state index contributed by atoms with van der Waals surface area (Å²) >= 11 is 0. The highest BCUT2D eigenvalue weighted by atomic mass is 19.4. The molecule has 0 radical (unpaired) electrons. The molecular formula is C18H13F3N2O3. The number of hydrogen-bond acceptors (Lipinski definition) is 4. The van der Waals surface area contributed by atoms with E-state index in [1.807, 2.05) is 6.07 Å². The Morgan fingerprint density at radius 3 is 2.38 bits per heavy atom. The predicted molar refractivity (Wildman–Crippen MR) is 85.7 cm³/mol. The molecule has 1 saturated heterocycles. The summed E-state index contributed by atoms with van der Waals surface area (Å²) in [4.78, 5) is 13.4. The number of nitrogens with zero attached hydrogens (tertiary/aromatic N) is 2. The Kier molecular flexibility index (Phi) is 4.71. The van der Waals surface area contributed by atoms with E-state index in [1.54, 1.807) is 24.3 Å². The molecule has 134 valence electrons. The van der Waals surface area contributed by atoms with Gasteiger partial charge in [0.05, 0.1) is 23.7 Å². The van der Waals surface area contributed by atoms with E-state index in [-0.39, 0.29) is 18.9 Å². The van der Waals surface area contributed by atoms with Crippen LogP contribution in [-0.2, 0) is 10.9 Å². The van der Waals surface area contributed by atoms with Gasteiger partial charge in [-0.3, -0.25) is 4.90 Å². The second-order valence-corrected chi connectivity index (χ2v) is 5.61. The Balaban J connectivity index is 1.58. The number of carbonyl (C=O) groups excluding carboxylic acids is 1.